The summed E-state index contributed by atoms with van der Waals surface area (Å²) in [5.41, 5.74) is 1.21. The minimum atomic E-state index is -3.23. The minimum absolute atomic E-state index is 0.247. The first kappa shape index (κ1) is 15.8. The summed E-state index contributed by atoms with van der Waals surface area (Å²) in [6.07, 6.45) is 7.67. The molecule has 0 aromatic heterocycles. The van der Waals surface area contributed by atoms with Crippen molar-refractivity contribution in [3.63, 3.8) is 0 Å². The maximum atomic E-state index is 12.0. The highest BCUT2D eigenvalue weighted by molar-refractivity contribution is 7.90. The van der Waals surface area contributed by atoms with Crippen LogP contribution in [-0.2, 0) is 19.4 Å². The number of esters is 1. The molecule has 0 heterocycles. The number of hydrogen-bond acceptors (Lipinski definition) is 4. The second-order valence-electron chi connectivity index (χ2n) is 5.41. The van der Waals surface area contributed by atoms with Crippen LogP contribution < -0.4 is 0 Å². The normalized spacial score (nSPS) is 17.0. The van der Waals surface area contributed by atoms with E-state index in [9.17, 15) is 13.2 Å². The molecule has 1 aliphatic carbocycles. The van der Waals surface area contributed by atoms with Gasteiger partial charge in [-0.25, -0.2) is 13.2 Å². The van der Waals surface area contributed by atoms with E-state index in [0.717, 1.165) is 19.1 Å². The Morgan fingerprint density at radius 1 is 1.19 bits per heavy atom. The van der Waals surface area contributed by atoms with Gasteiger partial charge in [0.2, 0.25) is 0 Å². The number of benzene rings is 1. The molecule has 1 aromatic rings. The molecule has 1 aliphatic rings. The third-order valence-electron chi connectivity index (χ3n) is 3.80. The average Bonchev–Trinajstić information content (AvgIpc) is 2.96. The van der Waals surface area contributed by atoms with Crippen LogP contribution in [0.25, 0.3) is 5.57 Å². The lowest BCUT2D eigenvalue weighted by atomic mass is 9.99. The van der Waals surface area contributed by atoms with Crippen LogP contribution in [-0.4, -0.2) is 27.8 Å². The molecule has 0 aliphatic heterocycles. The molecule has 0 saturated heterocycles. The lowest BCUT2D eigenvalue weighted by molar-refractivity contribution is -0.133. The molecule has 1 saturated carbocycles. The van der Waals surface area contributed by atoms with Crippen molar-refractivity contribution >= 4 is 21.4 Å². The molecule has 0 radical (unpaired) electrons. The predicted octanol–water partition coefficient (Wildman–Crippen LogP) is 2.84. The Morgan fingerprint density at radius 3 is 2.24 bits per heavy atom. The van der Waals surface area contributed by atoms with Crippen LogP contribution in [0.15, 0.2) is 35.2 Å². The molecule has 0 unspecified atom stereocenters. The summed E-state index contributed by atoms with van der Waals surface area (Å²) in [7, 11) is -1.87. The van der Waals surface area contributed by atoms with Gasteiger partial charge in [-0.1, -0.05) is 31.1 Å². The van der Waals surface area contributed by atoms with Crippen molar-refractivity contribution in [1.29, 1.82) is 0 Å². The van der Waals surface area contributed by atoms with Crippen LogP contribution in [0.1, 0.15) is 31.2 Å². The lowest BCUT2D eigenvalue weighted by Gasteiger charge is -2.10. The molecule has 5 heteroatoms. The standard InChI is InChI=1S/C16H20O4S/c1-20-16(17)15(11-12-5-3-4-6-12)13-7-9-14(10-8-13)21(2,18)19/h7-12H,3-6H2,1-2H3. The van der Waals surface area contributed by atoms with Crippen molar-refractivity contribution in [2.45, 2.75) is 30.6 Å². The van der Waals surface area contributed by atoms with E-state index in [0.29, 0.717) is 17.1 Å². The summed E-state index contributed by atoms with van der Waals surface area (Å²) in [6, 6.07) is 6.37. The van der Waals surface area contributed by atoms with E-state index in [2.05, 4.69) is 0 Å². The number of allylic oxidation sites excluding steroid dienone is 1. The van der Waals surface area contributed by atoms with Crippen LogP contribution in [0.5, 0.6) is 0 Å². The summed E-state index contributed by atoms with van der Waals surface area (Å²) in [5, 5.41) is 0. The van der Waals surface area contributed by atoms with Gasteiger partial charge in [-0.3, -0.25) is 0 Å². The second-order valence-corrected chi connectivity index (χ2v) is 7.43. The zero-order chi connectivity index (χ0) is 15.5. The van der Waals surface area contributed by atoms with Crippen LogP contribution >= 0.6 is 0 Å². The zero-order valence-corrected chi connectivity index (χ0v) is 13.2. The van der Waals surface area contributed by atoms with Gasteiger partial charge in [0.15, 0.2) is 9.84 Å². The van der Waals surface area contributed by atoms with E-state index >= 15 is 0 Å². The molecular weight excluding hydrogens is 288 g/mol. The van der Waals surface area contributed by atoms with E-state index < -0.39 is 9.84 Å². The largest absolute Gasteiger partial charge is 0.465 e. The Hall–Kier alpha value is -1.62. The molecule has 21 heavy (non-hydrogen) atoms. The van der Waals surface area contributed by atoms with Gasteiger partial charge in [0.1, 0.15) is 0 Å². The van der Waals surface area contributed by atoms with Crippen molar-refractivity contribution in [2.24, 2.45) is 5.92 Å². The fourth-order valence-electron chi connectivity index (χ4n) is 2.63. The van der Waals surface area contributed by atoms with Gasteiger partial charge >= 0.3 is 5.97 Å². The number of methoxy groups -OCH3 is 1. The van der Waals surface area contributed by atoms with Gasteiger partial charge in [0, 0.05) is 6.26 Å². The summed E-state index contributed by atoms with van der Waals surface area (Å²) >= 11 is 0. The Labute approximate surface area is 125 Å². The maximum absolute atomic E-state index is 12.0. The quantitative estimate of drug-likeness (QED) is 0.634. The second kappa shape index (κ2) is 6.43. The summed E-state index contributed by atoms with van der Waals surface area (Å²) in [4.78, 5) is 12.2. The van der Waals surface area contributed by atoms with Crippen LogP contribution in [0.2, 0.25) is 0 Å². The molecule has 0 atom stereocenters. The van der Waals surface area contributed by atoms with Gasteiger partial charge in [-0.2, -0.15) is 0 Å². The van der Waals surface area contributed by atoms with Crippen LogP contribution in [0.4, 0.5) is 0 Å². The van der Waals surface area contributed by atoms with Crippen molar-refractivity contribution in [1.82, 2.24) is 0 Å². The summed E-state index contributed by atoms with van der Waals surface area (Å²) < 4.78 is 27.8. The molecule has 0 bridgehead atoms. The van der Waals surface area contributed by atoms with Crippen molar-refractivity contribution in [3.05, 3.63) is 35.9 Å². The molecule has 0 spiro atoms. The number of carbonyl (C=O) groups excluding carboxylic acids is 1. The molecule has 2 rings (SSSR count). The van der Waals surface area contributed by atoms with E-state index in [4.69, 9.17) is 4.74 Å². The molecular formula is C16H20O4S. The smallest absolute Gasteiger partial charge is 0.338 e. The monoisotopic (exact) mass is 308 g/mol. The zero-order valence-electron chi connectivity index (χ0n) is 12.3. The lowest BCUT2D eigenvalue weighted by Crippen LogP contribution is -2.06. The maximum Gasteiger partial charge on any atom is 0.338 e. The van der Waals surface area contributed by atoms with E-state index in [1.807, 2.05) is 6.08 Å². The van der Waals surface area contributed by atoms with Crippen LogP contribution in [0, 0.1) is 5.92 Å². The fourth-order valence-corrected chi connectivity index (χ4v) is 3.26. The molecule has 1 fully saturated rings. The molecule has 1 aromatic carbocycles. The molecule has 114 valence electrons. The molecule has 0 amide bonds. The Kier molecular flexibility index (Phi) is 4.83. The third kappa shape index (κ3) is 3.94. The number of sulfone groups is 1. The van der Waals surface area contributed by atoms with Crippen molar-refractivity contribution in [3.8, 4) is 0 Å². The first-order chi connectivity index (χ1) is 9.91. The highest BCUT2D eigenvalue weighted by Crippen LogP contribution is 2.29. The van der Waals surface area contributed by atoms with E-state index in [1.165, 1.54) is 32.1 Å². The SMILES string of the molecule is COC(=O)C(=CC1CCCC1)c1ccc(S(C)(=O)=O)cc1. The first-order valence-electron chi connectivity index (χ1n) is 7.02. The van der Waals surface area contributed by atoms with Gasteiger partial charge in [0.05, 0.1) is 17.6 Å². The van der Waals surface area contributed by atoms with Crippen molar-refractivity contribution < 1.29 is 17.9 Å². The summed E-state index contributed by atoms with van der Waals surface area (Å²) in [5.74, 6) is 0.0164. The fraction of sp³-hybridized carbons (Fsp3) is 0.438. The molecule has 4 nitrogen and oxygen atoms in total. The number of rotatable bonds is 4. The topological polar surface area (TPSA) is 60.4 Å². The Morgan fingerprint density at radius 2 is 1.76 bits per heavy atom. The highest BCUT2D eigenvalue weighted by Gasteiger charge is 2.19. The third-order valence-corrected chi connectivity index (χ3v) is 4.93. The average molecular weight is 308 g/mol. The van der Waals surface area contributed by atoms with E-state index in [1.54, 1.807) is 12.1 Å². The Bertz CT molecular complexity index is 635. The first-order valence-corrected chi connectivity index (χ1v) is 8.91. The highest BCUT2D eigenvalue weighted by atomic mass is 32.2. The van der Waals surface area contributed by atoms with Gasteiger partial charge in [0.25, 0.3) is 0 Å². The predicted molar refractivity (Wildman–Crippen MR) is 81.5 cm³/mol. The van der Waals surface area contributed by atoms with E-state index in [-0.39, 0.29) is 10.9 Å². The van der Waals surface area contributed by atoms with Gasteiger partial charge < -0.3 is 4.74 Å². The molecule has 0 N–H and O–H groups in total. The Balaban J connectivity index is 2.35. The summed E-state index contributed by atoms with van der Waals surface area (Å²) in [6.45, 7) is 0. The number of ether oxygens (including phenoxy) is 1. The van der Waals surface area contributed by atoms with Crippen molar-refractivity contribution in [2.75, 3.05) is 13.4 Å². The van der Waals surface area contributed by atoms with Gasteiger partial charge in [-0.05, 0) is 36.5 Å². The van der Waals surface area contributed by atoms with Gasteiger partial charge in [-0.15, -0.1) is 0 Å². The number of hydrogen-bond donors (Lipinski definition) is 0. The minimum Gasteiger partial charge on any atom is -0.465 e. The van der Waals surface area contributed by atoms with Crippen LogP contribution in [0.3, 0.4) is 0 Å². The number of carbonyl (C=O) groups is 1.